The van der Waals surface area contributed by atoms with Crippen molar-refractivity contribution in [1.29, 1.82) is 0 Å². The third-order valence-electron chi connectivity index (χ3n) is 3.27. The zero-order valence-corrected chi connectivity index (χ0v) is 16.5. The summed E-state index contributed by atoms with van der Waals surface area (Å²) in [6.07, 6.45) is 0.431. The molecule has 0 radical (unpaired) electrons. The van der Waals surface area contributed by atoms with Gasteiger partial charge in [0.25, 0.3) is 10.0 Å². The van der Waals surface area contributed by atoms with Gasteiger partial charge in [-0.25, -0.2) is 13.4 Å². The van der Waals surface area contributed by atoms with Gasteiger partial charge in [-0.2, -0.15) is 4.37 Å². The molecule has 1 aliphatic rings. The van der Waals surface area contributed by atoms with Crippen LogP contribution >= 0.6 is 46.1 Å². The summed E-state index contributed by atoms with van der Waals surface area (Å²) >= 11 is 13.4. The molecule has 0 bridgehead atoms. The van der Waals surface area contributed by atoms with Crippen molar-refractivity contribution in [3.63, 3.8) is 0 Å². The van der Waals surface area contributed by atoms with Crippen molar-refractivity contribution in [3.05, 3.63) is 21.2 Å². The highest BCUT2D eigenvalue weighted by Crippen LogP contribution is 2.35. The topological polar surface area (TPSA) is 101 Å². The van der Waals surface area contributed by atoms with Crippen LogP contribution in [-0.4, -0.2) is 54.9 Å². The lowest BCUT2D eigenvalue weighted by molar-refractivity contribution is -0.142. The molecule has 3 rings (SSSR count). The second-order valence-corrected chi connectivity index (χ2v) is 9.71. The molecule has 0 unspecified atom stereocenters. The first-order valence-corrected chi connectivity index (χ1v) is 10.8. The number of carbonyl (C=O) groups excluding carboxylic acids is 1. The number of hydrogen-bond donors (Lipinski definition) is 1. The lowest BCUT2D eigenvalue weighted by Gasteiger charge is -2.26. The maximum Gasteiger partial charge on any atom is 0.273 e. The number of ether oxygens (including phenoxy) is 1. The normalized spacial score (nSPS) is 15.6. The third-order valence-corrected chi connectivity index (χ3v) is 7.74. The number of nitrogens with one attached hydrogen (secondary N) is 1. The average molecular weight is 443 g/mol. The molecule has 0 spiro atoms. The lowest BCUT2D eigenvalue weighted by Crippen LogP contribution is -2.42. The molecule has 8 nitrogen and oxygen atoms in total. The maximum absolute atomic E-state index is 12.3. The fraction of sp³-hybridized carbons (Fsp3) is 0.417. The Bertz CT molecular complexity index is 863. The summed E-state index contributed by atoms with van der Waals surface area (Å²) in [4.78, 5) is 17.5. The molecule has 1 saturated heterocycles. The van der Waals surface area contributed by atoms with Crippen molar-refractivity contribution >= 4 is 67.1 Å². The van der Waals surface area contributed by atoms with Crippen LogP contribution < -0.4 is 4.72 Å². The monoisotopic (exact) mass is 442 g/mol. The van der Waals surface area contributed by atoms with Gasteiger partial charge in [-0.1, -0.05) is 23.2 Å². The van der Waals surface area contributed by atoms with Gasteiger partial charge in [-0.3, -0.25) is 9.52 Å². The average Bonchev–Trinajstić information content (AvgIpc) is 3.13. The predicted octanol–water partition coefficient (Wildman–Crippen LogP) is 2.11. The van der Waals surface area contributed by atoms with E-state index < -0.39 is 10.0 Å². The van der Waals surface area contributed by atoms with Gasteiger partial charge in [0, 0.05) is 31.0 Å². The molecular formula is C12H12Cl2N4O4S3. The molecule has 1 fully saturated rings. The van der Waals surface area contributed by atoms with Crippen molar-refractivity contribution in [3.8, 4) is 0 Å². The zero-order valence-electron chi connectivity index (χ0n) is 12.6. The summed E-state index contributed by atoms with van der Waals surface area (Å²) in [5, 5.41) is 0.323. The van der Waals surface area contributed by atoms with Crippen molar-refractivity contribution in [1.82, 2.24) is 14.3 Å². The maximum atomic E-state index is 12.3. The summed E-state index contributed by atoms with van der Waals surface area (Å²) in [7, 11) is -3.82. The van der Waals surface area contributed by atoms with Gasteiger partial charge < -0.3 is 9.64 Å². The van der Waals surface area contributed by atoms with Crippen LogP contribution in [0, 0.1) is 0 Å². The Hall–Kier alpha value is -0.980. The van der Waals surface area contributed by atoms with Crippen molar-refractivity contribution in [2.45, 2.75) is 10.6 Å². The van der Waals surface area contributed by atoms with Gasteiger partial charge in [-0.05, 0) is 6.07 Å². The molecule has 3 heterocycles. The van der Waals surface area contributed by atoms with E-state index >= 15 is 0 Å². The first-order chi connectivity index (χ1) is 11.8. The first kappa shape index (κ1) is 18.8. The molecule has 0 atom stereocenters. The smallest absolute Gasteiger partial charge is 0.273 e. The van der Waals surface area contributed by atoms with Crippen LogP contribution in [0.2, 0.25) is 9.36 Å². The van der Waals surface area contributed by atoms with Crippen LogP contribution in [-0.2, 0) is 26.0 Å². The quantitative estimate of drug-likeness (QED) is 0.734. The molecule has 136 valence electrons. The lowest BCUT2D eigenvalue weighted by atomic mass is 10.3. The summed E-state index contributed by atoms with van der Waals surface area (Å²) in [5.74, 6) is 0.387. The molecule has 1 aliphatic heterocycles. The number of thiophene rings is 1. The molecule has 2 aromatic heterocycles. The number of anilines is 1. The minimum atomic E-state index is -3.82. The number of morpholine rings is 1. The van der Waals surface area contributed by atoms with E-state index in [-0.39, 0.29) is 31.2 Å². The molecule has 0 aromatic carbocycles. The minimum Gasteiger partial charge on any atom is -0.370 e. The summed E-state index contributed by atoms with van der Waals surface area (Å²) in [6.45, 7) is 1.58. The highest BCUT2D eigenvalue weighted by atomic mass is 35.5. The number of aromatic nitrogens is 2. The first-order valence-electron chi connectivity index (χ1n) is 7.01. The predicted molar refractivity (Wildman–Crippen MR) is 96.2 cm³/mol. The fourth-order valence-electron chi connectivity index (χ4n) is 2.04. The Morgan fingerprint density at radius 2 is 2.20 bits per heavy atom. The van der Waals surface area contributed by atoms with Crippen LogP contribution in [0.3, 0.4) is 0 Å². The van der Waals surface area contributed by atoms with E-state index in [1.807, 2.05) is 0 Å². The fourth-order valence-corrected chi connectivity index (χ4v) is 5.76. The molecule has 0 saturated carbocycles. The Balaban J connectivity index is 1.62. The van der Waals surface area contributed by atoms with E-state index in [4.69, 9.17) is 27.9 Å². The number of rotatable bonds is 6. The minimum absolute atomic E-state index is 0.00170. The molecular weight excluding hydrogens is 431 g/mol. The second-order valence-electron chi connectivity index (χ2n) is 4.99. The van der Waals surface area contributed by atoms with Gasteiger partial charge in [-0.15, -0.1) is 11.3 Å². The van der Waals surface area contributed by atoms with E-state index in [9.17, 15) is 13.2 Å². The molecule has 1 N–H and O–H groups in total. The third kappa shape index (κ3) is 4.60. The summed E-state index contributed by atoms with van der Waals surface area (Å²) in [5.41, 5.74) is 0. The number of halogens is 2. The summed E-state index contributed by atoms with van der Waals surface area (Å²) < 4.78 is 36.3. The molecule has 2 aromatic rings. The van der Waals surface area contributed by atoms with Gasteiger partial charge in [0.15, 0.2) is 0 Å². The molecule has 13 heteroatoms. The Kier molecular flexibility index (Phi) is 5.81. The van der Waals surface area contributed by atoms with Crippen molar-refractivity contribution in [2.75, 3.05) is 31.0 Å². The van der Waals surface area contributed by atoms with E-state index in [1.165, 1.54) is 6.07 Å². The van der Waals surface area contributed by atoms with E-state index in [1.54, 1.807) is 4.90 Å². The Labute approximate surface area is 161 Å². The van der Waals surface area contributed by atoms with Crippen LogP contribution in [0.15, 0.2) is 10.3 Å². The van der Waals surface area contributed by atoms with Crippen LogP contribution in [0.4, 0.5) is 5.13 Å². The Morgan fingerprint density at radius 1 is 1.40 bits per heavy atom. The van der Waals surface area contributed by atoms with E-state index in [2.05, 4.69) is 14.1 Å². The standard InChI is InChI=1S/C12H12Cl2N4O4S3/c13-7-5-10(23-11(7)14)25(20,21)17-12-15-8(16-24-12)1-2-18-3-4-22-6-9(18)19/h5H,1-4,6H2,(H,15,16,17). The summed E-state index contributed by atoms with van der Waals surface area (Å²) in [6, 6.07) is 1.28. The number of carbonyl (C=O) groups is 1. The molecule has 0 aliphatic carbocycles. The van der Waals surface area contributed by atoms with Crippen molar-refractivity contribution < 1.29 is 17.9 Å². The highest BCUT2D eigenvalue weighted by Gasteiger charge is 2.22. The van der Waals surface area contributed by atoms with E-state index in [0.717, 1.165) is 22.9 Å². The number of sulfonamides is 1. The number of nitrogens with zero attached hydrogens (tertiary/aromatic N) is 3. The Morgan fingerprint density at radius 3 is 2.88 bits per heavy atom. The van der Waals surface area contributed by atoms with Crippen LogP contribution in [0.25, 0.3) is 0 Å². The number of hydrogen-bond acceptors (Lipinski definition) is 8. The highest BCUT2D eigenvalue weighted by molar-refractivity contribution is 7.94. The van der Waals surface area contributed by atoms with Crippen LogP contribution in [0.1, 0.15) is 5.82 Å². The van der Waals surface area contributed by atoms with Gasteiger partial charge in [0.05, 0.1) is 11.6 Å². The second kappa shape index (κ2) is 7.72. The van der Waals surface area contributed by atoms with Crippen molar-refractivity contribution in [2.24, 2.45) is 0 Å². The largest absolute Gasteiger partial charge is 0.370 e. The SMILES string of the molecule is O=C1COCCN1CCc1nsc(NS(=O)(=O)c2cc(Cl)c(Cl)s2)n1. The molecule has 1 amide bonds. The number of amides is 1. The van der Waals surface area contributed by atoms with Gasteiger partial charge >= 0.3 is 0 Å². The zero-order chi connectivity index (χ0) is 18.0. The van der Waals surface area contributed by atoms with Gasteiger partial charge in [0.2, 0.25) is 11.0 Å². The van der Waals surface area contributed by atoms with Gasteiger partial charge in [0.1, 0.15) is 21.0 Å². The molecule has 25 heavy (non-hydrogen) atoms. The van der Waals surface area contributed by atoms with Crippen LogP contribution in [0.5, 0.6) is 0 Å². The van der Waals surface area contributed by atoms with E-state index in [0.29, 0.717) is 31.9 Å².